The van der Waals surface area contributed by atoms with Crippen molar-refractivity contribution < 1.29 is 4.79 Å². The summed E-state index contributed by atoms with van der Waals surface area (Å²) in [6, 6.07) is 18.2. The second-order valence-corrected chi connectivity index (χ2v) is 7.09. The fraction of sp³-hybridized carbons (Fsp3) is 0.316. The summed E-state index contributed by atoms with van der Waals surface area (Å²) in [6.45, 7) is 0. The Morgan fingerprint density at radius 2 is 1.67 bits per heavy atom. The lowest BCUT2D eigenvalue weighted by molar-refractivity contribution is -0.125. The van der Waals surface area contributed by atoms with Crippen LogP contribution in [0.3, 0.4) is 0 Å². The summed E-state index contributed by atoms with van der Waals surface area (Å²) in [5.74, 6) is 0.140. The molecule has 1 aliphatic rings. The first kappa shape index (κ1) is 19.0. The molecule has 0 saturated heterocycles. The maximum Gasteiger partial charge on any atom is 0.223 e. The van der Waals surface area contributed by atoms with Gasteiger partial charge in [-0.15, -0.1) is 12.4 Å². The first-order valence-electron chi connectivity index (χ1n) is 8.00. The van der Waals surface area contributed by atoms with E-state index in [0.717, 1.165) is 34.9 Å². The third kappa shape index (κ3) is 4.59. The highest BCUT2D eigenvalue weighted by Gasteiger charge is 2.29. The molecule has 0 aromatic heterocycles. The van der Waals surface area contributed by atoms with Crippen molar-refractivity contribution in [1.29, 1.82) is 0 Å². The molecule has 0 spiro atoms. The minimum Gasteiger partial charge on any atom is -0.345 e. The van der Waals surface area contributed by atoms with Gasteiger partial charge >= 0.3 is 0 Å². The molecular formula is C19H22BrClN2O. The highest BCUT2D eigenvalue weighted by Crippen LogP contribution is 2.28. The van der Waals surface area contributed by atoms with Gasteiger partial charge in [-0.05, 0) is 42.5 Å². The second-order valence-electron chi connectivity index (χ2n) is 6.17. The number of rotatable bonds is 4. The Labute approximate surface area is 157 Å². The van der Waals surface area contributed by atoms with Crippen LogP contribution in [0.4, 0.5) is 0 Å². The van der Waals surface area contributed by atoms with E-state index in [4.69, 9.17) is 5.73 Å². The number of nitrogens with one attached hydrogen (secondary N) is 1. The van der Waals surface area contributed by atoms with Crippen LogP contribution in [0.15, 0.2) is 59.1 Å². The number of nitrogens with two attached hydrogens (primary N) is 1. The Hall–Kier alpha value is -1.36. The average Bonchev–Trinajstić information content (AvgIpc) is 3.01. The van der Waals surface area contributed by atoms with Crippen molar-refractivity contribution in [1.82, 2.24) is 5.32 Å². The normalized spacial score (nSPS) is 20.9. The largest absolute Gasteiger partial charge is 0.345 e. The van der Waals surface area contributed by atoms with Gasteiger partial charge in [-0.2, -0.15) is 0 Å². The molecule has 0 heterocycles. The fourth-order valence-electron chi connectivity index (χ4n) is 3.17. The molecule has 1 fully saturated rings. The van der Waals surface area contributed by atoms with Gasteiger partial charge < -0.3 is 11.1 Å². The molecule has 3 atom stereocenters. The lowest BCUT2D eigenvalue weighted by Gasteiger charge is -2.22. The zero-order chi connectivity index (χ0) is 16.2. The SMILES string of the molecule is Cl.NC1CCC(C(=O)NC(c2ccccc2)c2ccc(Br)cc2)C1. The molecule has 5 heteroatoms. The number of hydrogen-bond acceptors (Lipinski definition) is 2. The lowest BCUT2D eigenvalue weighted by Crippen LogP contribution is -2.34. The van der Waals surface area contributed by atoms with E-state index in [-0.39, 0.29) is 36.3 Å². The molecule has 24 heavy (non-hydrogen) atoms. The Bertz CT molecular complexity index is 663. The van der Waals surface area contributed by atoms with Gasteiger partial charge in [-0.3, -0.25) is 4.79 Å². The van der Waals surface area contributed by atoms with Crippen molar-refractivity contribution in [3.8, 4) is 0 Å². The topological polar surface area (TPSA) is 55.1 Å². The highest BCUT2D eigenvalue weighted by atomic mass is 79.9. The van der Waals surface area contributed by atoms with Crippen molar-refractivity contribution in [3.63, 3.8) is 0 Å². The van der Waals surface area contributed by atoms with Gasteiger partial charge in [0.2, 0.25) is 5.91 Å². The monoisotopic (exact) mass is 408 g/mol. The fourth-order valence-corrected chi connectivity index (χ4v) is 3.44. The first-order valence-corrected chi connectivity index (χ1v) is 8.79. The molecule has 3 rings (SSSR count). The van der Waals surface area contributed by atoms with Crippen LogP contribution >= 0.6 is 28.3 Å². The number of halogens is 2. The van der Waals surface area contributed by atoms with E-state index in [1.165, 1.54) is 0 Å². The molecular weight excluding hydrogens is 388 g/mol. The predicted octanol–water partition coefficient (Wildman–Crippen LogP) is 4.20. The van der Waals surface area contributed by atoms with Crippen LogP contribution in [0.1, 0.15) is 36.4 Å². The van der Waals surface area contributed by atoms with E-state index < -0.39 is 0 Å². The number of amides is 1. The molecule has 3 nitrogen and oxygen atoms in total. The van der Waals surface area contributed by atoms with Crippen LogP contribution < -0.4 is 11.1 Å². The summed E-state index contributed by atoms with van der Waals surface area (Å²) in [4.78, 5) is 12.6. The Morgan fingerprint density at radius 1 is 1.04 bits per heavy atom. The van der Waals surface area contributed by atoms with E-state index in [9.17, 15) is 4.79 Å². The van der Waals surface area contributed by atoms with E-state index in [2.05, 4.69) is 21.2 Å². The number of hydrogen-bond donors (Lipinski definition) is 2. The Kier molecular flexibility index (Phi) is 6.84. The Balaban J connectivity index is 0.00000208. The number of carbonyl (C=O) groups is 1. The molecule has 1 aliphatic carbocycles. The van der Waals surface area contributed by atoms with E-state index in [1.807, 2.05) is 54.6 Å². The lowest BCUT2D eigenvalue weighted by atomic mass is 9.97. The smallest absolute Gasteiger partial charge is 0.223 e. The minimum absolute atomic E-state index is 0. The predicted molar refractivity (Wildman–Crippen MR) is 103 cm³/mol. The third-order valence-corrected chi connectivity index (χ3v) is 5.00. The van der Waals surface area contributed by atoms with Crippen molar-refractivity contribution in [2.45, 2.75) is 31.3 Å². The molecule has 0 bridgehead atoms. The summed E-state index contributed by atoms with van der Waals surface area (Å²) in [6.07, 6.45) is 2.61. The summed E-state index contributed by atoms with van der Waals surface area (Å²) >= 11 is 3.46. The van der Waals surface area contributed by atoms with E-state index in [1.54, 1.807) is 0 Å². The number of benzene rings is 2. The van der Waals surface area contributed by atoms with Crippen molar-refractivity contribution in [2.75, 3.05) is 0 Å². The van der Waals surface area contributed by atoms with Crippen LogP contribution in [-0.2, 0) is 4.79 Å². The van der Waals surface area contributed by atoms with E-state index >= 15 is 0 Å². The van der Waals surface area contributed by atoms with Crippen LogP contribution in [0.25, 0.3) is 0 Å². The second kappa shape index (κ2) is 8.65. The molecule has 2 aromatic carbocycles. The molecule has 3 N–H and O–H groups in total. The molecule has 0 radical (unpaired) electrons. The molecule has 3 unspecified atom stereocenters. The molecule has 128 valence electrons. The van der Waals surface area contributed by atoms with Gasteiger partial charge in [0, 0.05) is 16.4 Å². The van der Waals surface area contributed by atoms with Gasteiger partial charge in [-0.25, -0.2) is 0 Å². The van der Waals surface area contributed by atoms with Crippen molar-refractivity contribution in [2.24, 2.45) is 11.7 Å². The number of carbonyl (C=O) groups excluding carboxylic acids is 1. The average molecular weight is 410 g/mol. The van der Waals surface area contributed by atoms with Crippen molar-refractivity contribution >= 4 is 34.2 Å². The van der Waals surface area contributed by atoms with Crippen LogP contribution in [-0.4, -0.2) is 11.9 Å². The van der Waals surface area contributed by atoms with E-state index in [0.29, 0.717) is 0 Å². The maximum atomic E-state index is 12.6. The molecule has 1 saturated carbocycles. The van der Waals surface area contributed by atoms with Gasteiger partial charge in [-0.1, -0.05) is 58.4 Å². The van der Waals surface area contributed by atoms with Gasteiger partial charge in [0.05, 0.1) is 6.04 Å². The highest BCUT2D eigenvalue weighted by molar-refractivity contribution is 9.10. The van der Waals surface area contributed by atoms with Crippen LogP contribution in [0, 0.1) is 5.92 Å². The third-order valence-electron chi connectivity index (χ3n) is 4.47. The van der Waals surface area contributed by atoms with Crippen LogP contribution in [0.2, 0.25) is 0 Å². The molecule has 1 amide bonds. The zero-order valence-corrected chi connectivity index (χ0v) is 15.7. The quantitative estimate of drug-likeness (QED) is 0.795. The summed E-state index contributed by atoms with van der Waals surface area (Å²) < 4.78 is 1.03. The van der Waals surface area contributed by atoms with Gasteiger partial charge in [0.15, 0.2) is 0 Å². The van der Waals surface area contributed by atoms with Crippen LogP contribution in [0.5, 0.6) is 0 Å². The Morgan fingerprint density at radius 3 is 2.25 bits per heavy atom. The summed E-state index contributed by atoms with van der Waals surface area (Å²) in [7, 11) is 0. The summed E-state index contributed by atoms with van der Waals surface area (Å²) in [5, 5.41) is 3.22. The maximum absolute atomic E-state index is 12.6. The van der Waals surface area contributed by atoms with Crippen molar-refractivity contribution in [3.05, 3.63) is 70.2 Å². The van der Waals surface area contributed by atoms with Gasteiger partial charge in [0.1, 0.15) is 0 Å². The van der Waals surface area contributed by atoms with Gasteiger partial charge in [0.25, 0.3) is 0 Å². The molecule has 0 aliphatic heterocycles. The summed E-state index contributed by atoms with van der Waals surface area (Å²) in [5.41, 5.74) is 8.11. The molecule has 2 aromatic rings. The minimum atomic E-state index is -0.131. The first-order chi connectivity index (χ1) is 11.1. The standard InChI is InChI=1S/C19H21BrN2O.ClH/c20-16-9-6-14(7-10-16)18(13-4-2-1-3-5-13)22-19(23)15-8-11-17(21)12-15;/h1-7,9-10,15,17-18H,8,11-12,21H2,(H,22,23);1H. The zero-order valence-electron chi connectivity index (χ0n) is 13.3.